The summed E-state index contributed by atoms with van der Waals surface area (Å²) in [6.07, 6.45) is 9.95. The maximum Gasteiger partial charge on any atom is -0.00990 e. The molecule has 0 radical (unpaired) electrons. The molecule has 0 saturated carbocycles. The van der Waals surface area contributed by atoms with E-state index < -0.39 is 0 Å². The van der Waals surface area contributed by atoms with Crippen molar-refractivity contribution in [1.82, 2.24) is 0 Å². The highest BCUT2D eigenvalue weighted by Crippen LogP contribution is 2.31. The molecule has 3 aromatic rings. The van der Waals surface area contributed by atoms with E-state index in [1.807, 2.05) is 0 Å². The van der Waals surface area contributed by atoms with Gasteiger partial charge >= 0.3 is 0 Å². The van der Waals surface area contributed by atoms with Crippen LogP contribution in [0.5, 0.6) is 0 Å². The smallest absolute Gasteiger partial charge is 0.00990 e. The SMILES string of the molecule is C1=Cc2ccc3c(ccc4ccccc43)c2C=CC1. The van der Waals surface area contributed by atoms with E-state index in [2.05, 4.69) is 72.8 Å². The highest BCUT2D eigenvalue weighted by Gasteiger charge is 2.07. The van der Waals surface area contributed by atoms with Gasteiger partial charge in [0.1, 0.15) is 0 Å². The fraction of sp³-hybridized carbons (Fsp3) is 0.0526. The van der Waals surface area contributed by atoms with Gasteiger partial charge < -0.3 is 0 Å². The predicted octanol–water partition coefficient (Wildman–Crippen LogP) is 5.42. The molecule has 0 heterocycles. The van der Waals surface area contributed by atoms with Gasteiger partial charge in [0.15, 0.2) is 0 Å². The van der Waals surface area contributed by atoms with Crippen LogP contribution in [-0.2, 0) is 0 Å². The van der Waals surface area contributed by atoms with E-state index in [-0.39, 0.29) is 0 Å². The minimum Gasteiger partial charge on any atom is -0.0801 e. The Balaban J connectivity index is 2.19. The summed E-state index contributed by atoms with van der Waals surface area (Å²) >= 11 is 0. The number of rotatable bonds is 0. The molecule has 90 valence electrons. The maximum atomic E-state index is 2.26. The van der Waals surface area contributed by atoms with Crippen LogP contribution >= 0.6 is 0 Å². The van der Waals surface area contributed by atoms with E-state index in [1.54, 1.807) is 0 Å². The number of hydrogen-bond acceptors (Lipinski definition) is 0. The first-order valence-electron chi connectivity index (χ1n) is 6.71. The molecule has 3 aromatic carbocycles. The van der Waals surface area contributed by atoms with Crippen molar-refractivity contribution < 1.29 is 0 Å². The fourth-order valence-electron chi connectivity index (χ4n) is 2.92. The van der Waals surface area contributed by atoms with E-state index in [0.29, 0.717) is 0 Å². The van der Waals surface area contributed by atoms with Crippen LogP contribution in [0.3, 0.4) is 0 Å². The molecule has 19 heavy (non-hydrogen) atoms. The molecule has 0 amide bonds. The molecule has 0 aromatic heterocycles. The van der Waals surface area contributed by atoms with Crippen molar-refractivity contribution in [2.75, 3.05) is 0 Å². The van der Waals surface area contributed by atoms with Crippen molar-refractivity contribution in [1.29, 1.82) is 0 Å². The van der Waals surface area contributed by atoms with E-state index in [4.69, 9.17) is 0 Å². The van der Waals surface area contributed by atoms with Crippen LogP contribution in [0.15, 0.2) is 60.7 Å². The number of hydrogen-bond donors (Lipinski definition) is 0. The first-order chi connectivity index (χ1) is 9.43. The lowest BCUT2D eigenvalue weighted by atomic mass is 9.95. The highest BCUT2D eigenvalue weighted by molar-refractivity contribution is 6.10. The summed E-state index contributed by atoms with van der Waals surface area (Å²) in [5.41, 5.74) is 2.66. The summed E-state index contributed by atoms with van der Waals surface area (Å²) in [7, 11) is 0. The molecule has 0 saturated heterocycles. The number of allylic oxidation sites excluding steroid dienone is 2. The van der Waals surface area contributed by atoms with Crippen LogP contribution in [-0.4, -0.2) is 0 Å². The number of benzene rings is 3. The fourth-order valence-corrected chi connectivity index (χ4v) is 2.92. The van der Waals surface area contributed by atoms with Crippen LogP contribution in [0, 0.1) is 0 Å². The second-order valence-electron chi connectivity index (χ2n) is 4.99. The second-order valence-corrected chi connectivity index (χ2v) is 4.99. The largest absolute Gasteiger partial charge is 0.0801 e. The molecule has 0 spiro atoms. The van der Waals surface area contributed by atoms with Crippen molar-refractivity contribution in [2.45, 2.75) is 6.42 Å². The van der Waals surface area contributed by atoms with E-state index in [0.717, 1.165) is 6.42 Å². The molecule has 1 aliphatic carbocycles. The Kier molecular flexibility index (Phi) is 2.28. The van der Waals surface area contributed by atoms with Crippen molar-refractivity contribution >= 4 is 33.7 Å². The minimum absolute atomic E-state index is 1.02. The van der Waals surface area contributed by atoms with Gasteiger partial charge in [0.25, 0.3) is 0 Å². The molecule has 0 fully saturated rings. The Hall–Kier alpha value is -2.34. The van der Waals surface area contributed by atoms with Gasteiger partial charge in [-0.3, -0.25) is 0 Å². The van der Waals surface area contributed by atoms with E-state index >= 15 is 0 Å². The third kappa shape index (κ3) is 1.61. The Morgan fingerprint density at radius 3 is 2.47 bits per heavy atom. The normalized spacial score (nSPS) is 13.7. The van der Waals surface area contributed by atoms with Gasteiger partial charge in [-0.05, 0) is 39.1 Å². The van der Waals surface area contributed by atoms with Crippen molar-refractivity contribution in [3.63, 3.8) is 0 Å². The lowest BCUT2D eigenvalue weighted by Crippen LogP contribution is -1.85. The molecule has 0 atom stereocenters. The quantitative estimate of drug-likeness (QED) is 0.461. The topological polar surface area (TPSA) is 0 Å². The molecule has 0 unspecified atom stereocenters. The van der Waals surface area contributed by atoms with Crippen LogP contribution in [0.25, 0.3) is 33.7 Å². The Bertz CT molecular complexity index is 835. The second kappa shape index (κ2) is 4.10. The molecule has 1 aliphatic rings. The van der Waals surface area contributed by atoms with Crippen molar-refractivity contribution in [3.05, 3.63) is 71.8 Å². The van der Waals surface area contributed by atoms with Gasteiger partial charge in [0.2, 0.25) is 0 Å². The molecule has 0 nitrogen and oxygen atoms in total. The van der Waals surface area contributed by atoms with Crippen LogP contribution < -0.4 is 0 Å². The summed E-state index contributed by atoms with van der Waals surface area (Å²) in [5.74, 6) is 0. The third-order valence-electron chi connectivity index (χ3n) is 3.86. The molecular formula is C19H14. The van der Waals surface area contributed by atoms with Gasteiger partial charge in [0.05, 0.1) is 0 Å². The average Bonchev–Trinajstić information content (AvgIpc) is 2.72. The summed E-state index contributed by atoms with van der Waals surface area (Å²) in [4.78, 5) is 0. The predicted molar refractivity (Wildman–Crippen MR) is 84.1 cm³/mol. The first-order valence-corrected chi connectivity index (χ1v) is 6.71. The molecule has 4 rings (SSSR count). The maximum absolute atomic E-state index is 2.26. The van der Waals surface area contributed by atoms with Gasteiger partial charge in [-0.15, -0.1) is 0 Å². The minimum atomic E-state index is 1.02. The summed E-state index contributed by atoms with van der Waals surface area (Å²) < 4.78 is 0. The van der Waals surface area contributed by atoms with Gasteiger partial charge in [-0.25, -0.2) is 0 Å². The van der Waals surface area contributed by atoms with E-state index in [1.165, 1.54) is 32.7 Å². The summed E-state index contributed by atoms with van der Waals surface area (Å²) in [5, 5.41) is 5.34. The zero-order valence-electron chi connectivity index (χ0n) is 10.6. The van der Waals surface area contributed by atoms with Crippen LogP contribution in [0.4, 0.5) is 0 Å². The van der Waals surface area contributed by atoms with Gasteiger partial charge in [0, 0.05) is 0 Å². The first kappa shape index (κ1) is 10.6. The van der Waals surface area contributed by atoms with E-state index in [9.17, 15) is 0 Å². The zero-order valence-corrected chi connectivity index (χ0v) is 10.6. The zero-order chi connectivity index (χ0) is 12.7. The molecular weight excluding hydrogens is 228 g/mol. The molecule has 0 N–H and O–H groups in total. The third-order valence-corrected chi connectivity index (χ3v) is 3.86. The monoisotopic (exact) mass is 242 g/mol. The molecule has 0 aliphatic heterocycles. The van der Waals surface area contributed by atoms with Crippen molar-refractivity contribution in [2.24, 2.45) is 0 Å². The lowest BCUT2D eigenvalue weighted by molar-refractivity contribution is 1.44. The van der Waals surface area contributed by atoms with Crippen molar-refractivity contribution in [3.8, 4) is 0 Å². The highest BCUT2D eigenvalue weighted by atomic mass is 14.1. The molecule has 0 bridgehead atoms. The Morgan fingerprint density at radius 2 is 1.47 bits per heavy atom. The Morgan fingerprint density at radius 1 is 0.632 bits per heavy atom. The summed E-state index contributed by atoms with van der Waals surface area (Å²) in [6.45, 7) is 0. The lowest BCUT2D eigenvalue weighted by Gasteiger charge is -2.09. The van der Waals surface area contributed by atoms with Gasteiger partial charge in [-0.1, -0.05) is 72.8 Å². The Labute approximate surface area is 112 Å². The van der Waals surface area contributed by atoms with Gasteiger partial charge in [-0.2, -0.15) is 0 Å². The standard InChI is InChI=1S/C19H14/c1-2-6-14-10-12-19-17-9-5-4-7-15(17)11-13-18(19)16(14)8-3-1/h2-13H,1H2. The summed E-state index contributed by atoms with van der Waals surface area (Å²) in [6, 6.07) is 17.6. The van der Waals surface area contributed by atoms with Crippen LogP contribution in [0.1, 0.15) is 17.5 Å². The number of fused-ring (bicyclic) bond motifs is 5. The average molecular weight is 242 g/mol. The molecule has 0 heteroatoms. The van der Waals surface area contributed by atoms with Crippen LogP contribution in [0.2, 0.25) is 0 Å².